The van der Waals surface area contributed by atoms with Crippen molar-refractivity contribution >= 4 is 144 Å². The molecule has 0 aliphatic heterocycles. The third-order valence-electron chi connectivity index (χ3n) is 6.98. The van der Waals surface area contributed by atoms with Gasteiger partial charge in [0.25, 0.3) is 101 Å². The number of benzene rings is 4. The first-order valence-electron chi connectivity index (χ1n) is 15.2. The van der Waals surface area contributed by atoms with E-state index in [0.29, 0.717) is 0 Å². The molecule has 0 saturated heterocycles. The van der Waals surface area contributed by atoms with Crippen molar-refractivity contribution in [1.82, 2.24) is 0 Å². The van der Waals surface area contributed by atoms with Gasteiger partial charge in [-0.3, -0.25) is 45.5 Å². The number of rotatable bonds is 16. The van der Waals surface area contributed by atoms with Crippen LogP contribution in [0.4, 0.5) is 0 Å². The van der Waals surface area contributed by atoms with Crippen molar-refractivity contribution in [1.29, 1.82) is 0 Å². The van der Waals surface area contributed by atoms with Crippen molar-refractivity contribution in [3.8, 4) is 0 Å². The molecule has 4 aromatic rings. The molecule has 0 aliphatic carbocycles. The van der Waals surface area contributed by atoms with Crippen LogP contribution >= 0.6 is 43.2 Å². The van der Waals surface area contributed by atoms with Crippen LogP contribution in [0.15, 0.2) is 129 Å². The predicted molar refractivity (Wildman–Crippen MR) is 227 cm³/mol. The number of hydrogen-bond donors (Lipinski definition) is 10. The zero-order valence-corrected chi connectivity index (χ0v) is 42.6. The minimum absolute atomic E-state index is 1.29. The van der Waals surface area contributed by atoms with Gasteiger partial charge in [0.2, 0.25) is 0 Å². The Balaban J connectivity index is 0.000000736. The smallest absolute Gasteiger partial charge is 0.282 e. The average Bonchev–Trinajstić information content (AvgIpc) is 3.11. The lowest BCUT2D eigenvalue weighted by Crippen LogP contribution is -2.24. The molecule has 0 atom stereocenters. The largest absolute Gasteiger partial charge is 0.297 e. The minimum atomic E-state index is -6.97. The Labute approximate surface area is 399 Å². The molecule has 0 amide bonds. The molecular weight excluding hydrogens is 1220 g/mol. The van der Waals surface area contributed by atoms with Crippen LogP contribution in [0, 0.1) is 0 Å². The fraction of sp³-hybridized carbons (Fsp3) is 0. The second-order valence-corrected chi connectivity index (χ2v) is 29.7. The molecule has 0 aromatic heterocycles. The predicted octanol–water partition coefficient (Wildman–Crippen LogP) is 1.44. The lowest BCUT2D eigenvalue weighted by Gasteiger charge is -2.21. The summed E-state index contributed by atoms with van der Waals surface area (Å²) in [5.74, 6) is 0. The summed E-state index contributed by atoms with van der Waals surface area (Å²) in [6.45, 7) is 0. The summed E-state index contributed by atoms with van der Waals surface area (Å²) in [6.07, 6.45) is 0. The van der Waals surface area contributed by atoms with Crippen molar-refractivity contribution in [2.75, 3.05) is 0 Å². The highest BCUT2D eigenvalue weighted by atomic mass is 33.1. The van der Waals surface area contributed by atoms with E-state index >= 15 is 0 Å². The molecular formula is C24H20O30S14. The van der Waals surface area contributed by atoms with E-state index in [2.05, 4.69) is 48.5 Å². The van der Waals surface area contributed by atoms with Crippen LogP contribution < -0.4 is 0 Å². The maximum Gasteiger partial charge on any atom is 0.297 e. The molecule has 0 bridgehead atoms. The van der Waals surface area contributed by atoms with E-state index < -0.39 is 182 Å². The fourth-order valence-corrected chi connectivity index (χ4v) is 24.2. The summed E-state index contributed by atoms with van der Waals surface area (Å²) in [6, 6.07) is 20.8. The third kappa shape index (κ3) is 14.3. The van der Waals surface area contributed by atoms with Crippen LogP contribution in [-0.2, 0) is 101 Å². The average molecular weight is 1240 g/mol. The standard InChI is InChI=1S/C12H10O30S12.C12H10S2/c13-45(14,15)3-1(4(46(16,17)18)8(50(28,29)30)11(53(37,38)39)7(3)49(25,26)27)43-44-2-5(47(19,20)21)9(51(31,32)33)12(54(40,41)42)10(52(34,35)36)6(2)48(22,23)24;1-3-7-11(8-4-1)13-14-12-9-5-2-6-10-12/h(H,13,14,15)(H,16,17,18)(H,19,20,21)(H,22,23,24)(H,25,26,27)(H,28,29,30)(H,31,32,33)(H,34,35,36)(H,37,38,39)(H,40,41,42);1-10H. The molecule has 68 heavy (non-hydrogen) atoms. The molecule has 0 heterocycles. The fourth-order valence-electron chi connectivity index (χ4n) is 4.86. The summed E-state index contributed by atoms with van der Waals surface area (Å²) < 4.78 is 343. The third-order valence-corrected chi connectivity index (χ3v) is 22.7. The molecule has 0 saturated carbocycles. The van der Waals surface area contributed by atoms with Crippen LogP contribution in [0.3, 0.4) is 0 Å². The Kier molecular flexibility index (Phi) is 17.7. The lowest BCUT2D eigenvalue weighted by atomic mass is 10.3. The Hall–Kier alpha value is -2.62. The minimum Gasteiger partial charge on any atom is -0.282 e. The zero-order chi connectivity index (χ0) is 53.0. The molecule has 0 aliphatic rings. The maximum absolute atomic E-state index is 12.4. The van der Waals surface area contributed by atoms with Crippen LogP contribution in [0.2, 0.25) is 0 Å². The van der Waals surface area contributed by atoms with Gasteiger partial charge in [0.05, 0.1) is 9.79 Å². The van der Waals surface area contributed by atoms with Gasteiger partial charge in [-0.1, -0.05) is 58.0 Å². The molecule has 4 aromatic carbocycles. The molecule has 44 heteroatoms. The van der Waals surface area contributed by atoms with Crippen LogP contribution in [0.1, 0.15) is 0 Å². The second-order valence-electron chi connectivity index (χ2n) is 11.7. The normalized spacial score (nSPS) is 13.7. The van der Waals surface area contributed by atoms with Gasteiger partial charge in [-0.25, -0.2) is 0 Å². The van der Waals surface area contributed by atoms with E-state index in [0.717, 1.165) is 0 Å². The van der Waals surface area contributed by atoms with E-state index in [-0.39, 0.29) is 0 Å². The molecule has 0 radical (unpaired) electrons. The van der Waals surface area contributed by atoms with E-state index in [9.17, 15) is 130 Å². The Bertz CT molecular complexity index is 3460. The van der Waals surface area contributed by atoms with Crippen LogP contribution in [0.5, 0.6) is 0 Å². The van der Waals surface area contributed by atoms with Gasteiger partial charge in [0.15, 0.2) is 0 Å². The van der Waals surface area contributed by atoms with Crippen molar-refractivity contribution < 1.29 is 130 Å². The lowest BCUT2D eigenvalue weighted by molar-refractivity contribution is 0.432. The first-order chi connectivity index (χ1) is 30.2. The van der Waals surface area contributed by atoms with Crippen molar-refractivity contribution in [2.24, 2.45) is 0 Å². The highest BCUT2D eigenvalue weighted by Crippen LogP contribution is 2.55. The molecule has 4 rings (SSSR count). The van der Waals surface area contributed by atoms with Crippen molar-refractivity contribution in [3.63, 3.8) is 0 Å². The van der Waals surface area contributed by atoms with E-state index in [1.165, 1.54) is 9.79 Å². The first kappa shape index (κ1) is 59.7. The molecule has 0 spiro atoms. The molecule has 10 N–H and O–H groups in total. The maximum atomic E-state index is 12.4. The van der Waals surface area contributed by atoms with Gasteiger partial charge in [-0.05, 0) is 45.9 Å². The second kappa shape index (κ2) is 20.1. The molecule has 30 nitrogen and oxygen atoms in total. The summed E-state index contributed by atoms with van der Waals surface area (Å²) >= 11 is 0. The first-order valence-corrected chi connectivity index (χ1v) is 33.9. The summed E-state index contributed by atoms with van der Waals surface area (Å²) in [7, 11) is -69.1. The van der Waals surface area contributed by atoms with Crippen LogP contribution in [0.25, 0.3) is 0 Å². The SMILES string of the molecule is O=S(=O)(O)c1c(SSc2c(S(=O)(=O)O)c(S(=O)(=O)O)c(S(=O)(=O)O)c(S(=O)(=O)O)c2S(=O)(=O)O)c(S(=O)(=O)O)c(S(=O)(=O)O)c(S(=O)(=O)O)c1S(=O)(=O)O.c1ccc(SSc2ccccc2)cc1. The van der Waals surface area contributed by atoms with Crippen LogP contribution in [-0.4, -0.2) is 130 Å². The summed E-state index contributed by atoms with van der Waals surface area (Å²) in [4.78, 5) is -34.8. The molecule has 380 valence electrons. The monoisotopic (exact) mass is 1240 g/mol. The Morgan fingerprint density at radius 2 is 0.368 bits per heavy atom. The van der Waals surface area contributed by atoms with Gasteiger partial charge < -0.3 is 0 Å². The van der Waals surface area contributed by atoms with E-state index in [1.807, 2.05) is 12.1 Å². The van der Waals surface area contributed by atoms with Gasteiger partial charge in [0.1, 0.15) is 49.0 Å². The van der Waals surface area contributed by atoms with Gasteiger partial charge >= 0.3 is 0 Å². The zero-order valence-electron chi connectivity index (χ0n) is 31.1. The highest BCUT2D eigenvalue weighted by Gasteiger charge is 2.49. The molecule has 0 unspecified atom stereocenters. The molecule has 0 fully saturated rings. The number of hydrogen-bond acceptors (Lipinski definition) is 24. The quantitative estimate of drug-likeness (QED) is 0.0560. The summed E-state index contributed by atoms with van der Waals surface area (Å²) in [5, 5.41) is 0. The Morgan fingerprint density at radius 1 is 0.221 bits per heavy atom. The van der Waals surface area contributed by atoms with Gasteiger partial charge in [-0.2, -0.15) is 84.2 Å². The van der Waals surface area contributed by atoms with E-state index in [4.69, 9.17) is 0 Å². The van der Waals surface area contributed by atoms with Crippen molar-refractivity contribution in [3.05, 3.63) is 60.7 Å². The van der Waals surface area contributed by atoms with Gasteiger partial charge in [-0.15, -0.1) is 0 Å². The topological polar surface area (TPSA) is 544 Å². The Morgan fingerprint density at radius 3 is 0.515 bits per heavy atom. The summed E-state index contributed by atoms with van der Waals surface area (Å²) in [5.41, 5.74) is 0. The van der Waals surface area contributed by atoms with Gasteiger partial charge in [0, 0.05) is 9.79 Å². The highest BCUT2D eigenvalue weighted by molar-refractivity contribution is 8.77. The van der Waals surface area contributed by atoms with E-state index in [1.54, 1.807) is 21.6 Å². The van der Waals surface area contributed by atoms with Crippen molar-refractivity contribution in [2.45, 2.75) is 68.5 Å².